The van der Waals surface area contributed by atoms with Crippen LogP contribution in [0.4, 0.5) is 5.69 Å². The Morgan fingerprint density at radius 3 is 2.53 bits per heavy atom. The lowest BCUT2D eigenvalue weighted by atomic mass is 10.4. The molecular formula is C12H14N4O3. The largest absolute Gasteiger partial charge is 0.398 e. The van der Waals surface area contributed by atoms with Crippen molar-refractivity contribution in [1.29, 1.82) is 0 Å². The molecule has 0 bridgehead atoms. The van der Waals surface area contributed by atoms with Gasteiger partial charge in [-0.2, -0.15) is 0 Å². The Labute approximate surface area is 108 Å². The first kappa shape index (κ1) is 12.9. The molecule has 19 heavy (non-hydrogen) atoms. The van der Waals surface area contributed by atoms with Crippen molar-refractivity contribution in [3.8, 4) is 0 Å². The second kappa shape index (κ2) is 4.97. The number of nitrogen functional groups attached to an aromatic ring is 1. The number of hydrogen-bond donors (Lipinski definition) is 1. The van der Waals surface area contributed by atoms with Gasteiger partial charge in [-0.3, -0.25) is 14.2 Å². The van der Waals surface area contributed by atoms with Gasteiger partial charge in [-0.1, -0.05) is 0 Å². The van der Waals surface area contributed by atoms with Crippen molar-refractivity contribution < 1.29 is 0 Å². The van der Waals surface area contributed by atoms with Gasteiger partial charge in [-0.25, -0.2) is 4.79 Å². The molecule has 0 atom stereocenters. The van der Waals surface area contributed by atoms with Gasteiger partial charge >= 0.3 is 5.69 Å². The maximum Gasteiger partial charge on any atom is 0.330 e. The minimum atomic E-state index is -0.413. The van der Waals surface area contributed by atoms with Gasteiger partial charge in [-0.05, 0) is 6.07 Å². The van der Waals surface area contributed by atoms with Gasteiger partial charge in [0.05, 0.1) is 0 Å². The fraction of sp³-hybridized carbons (Fsp3) is 0.250. The van der Waals surface area contributed by atoms with Crippen molar-refractivity contribution in [3.63, 3.8) is 0 Å². The van der Waals surface area contributed by atoms with Gasteiger partial charge in [0.1, 0.15) is 0 Å². The Hall–Kier alpha value is -2.57. The fourth-order valence-electron chi connectivity index (χ4n) is 1.75. The number of nitrogens with zero attached hydrogens (tertiary/aromatic N) is 3. The minimum absolute atomic E-state index is 0.121. The molecule has 0 saturated carbocycles. The first-order valence-corrected chi connectivity index (χ1v) is 5.71. The van der Waals surface area contributed by atoms with E-state index in [9.17, 15) is 14.4 Å². The Balaban J connectivity index is 2.32. The molecule has 7 heteroatoms. The molecule has 0 aliphatic carbocycles. The van der Waals surface area contributed by atoms with E-state index in [1.165, 1.54) is 39.7 Å². The van der Waals surface area contributed by atoms with Crippen LogP contribution in [0, 0.1) is 0 Å². The third kappa shape index (κ3) is 2.65. The number of aryl methyl sites for hydroxylation is 2. The van der Waals surface area contributed by atoms with E-state index in [1.807, 2.05) is 0 Å². The van der Waals surface area contributed by atoms with Crippen molar-refractivity contribution >= 4 is 5.69 Å². The van der Waals surface area contributed by atoms with Crippen molar-refractivity contribution in [1.82, 2.24) is 13.7 Å². The normalized spacial score (nSPS) is 10.6. The topological polar surface area (TPSA) is 92.0 Å². The highest BCUT2D eigenvalue weighted by atomic mass is 16.2. The van der Waals surface area contributed by atoms with E-state index in [2.05, 4.69) is 0 Å². The number of aromatic nitrogens is 3. The molecule has 2 aromatic rings. The summed E-state index contributed by atoms with van der Waals surface area (Å²) in [6, 6.07) is 4.16. The lowest BCUT2D eigenvalue weighted by molar-refractivity contribution is 0.517. The Morgan fingerprint density at radius 1 is 1.05 bits per heavy atom. The molecule has 0 radical (unpaired) electrons. The van der Waals surface area contributed by atoms with Crippen LogP contribution in [-0.2, 0) is 20.1 Å². The smallest absolute Gasteiger partial charge is 0.330 e. The zero-order valence-corrected chi connectivity index (χ0v) is 10.4. The van der Waals surface area contributed by atoms with Crippen LogP contribution in [0.1, 0.15) is 0 Å². The molecule has 2 rings (SSSR count). The van der Waals surface area contributed by atoms with Gasteiger partial charge in [0.2, 0.25) is 0 Å². The molecule has 0 saturated heterocycles. The van der Waals surface area contributed by atoms with Crippen LogP contribution in [0.2, 0.25) is 0 Å². The number of rotatable bonds is 3. The van der Waals surface area contributed by atoms with Gasteiger partial charge in [0.15, 0.2) is 0 Å². The summed E-state index contributed by atoms with van der Waals surface area (Å²) in [5, 5.41) is 0. The Kier molecular flexibility index (Phi) is 3.37. The molecular weight excluding hydrogens is 248 g/mol. The summed E-state index contributed by atoms with van der Waals surface area (Å²) in [6.45, 7) is 0.332. The molecule has 2 heterocycles. The Bertz CT molecular complexity index is 770. The summed E-state index contributed by atoms with van der Waals surface area (Å²) in [4.78, 5) is 34.9. The highest BCUT2D eigenvalue weighted by Crippen LogP contribution is 1.95. The summed E-state index contributed by atoms with van der Waals surface area (Å²) >= 11 is 0. The predicted molar refractivity (Wildman–Crippen MR) is 71.1 cm³/mol. The minimum Gasteiger partial charge on any atom is -0.398 e. The van der Waals surface area contributed by atoms with E-state index in [0.717, 1.165) is 4.57 Å². The molecule has 0 amide bonds. The SMILES string of the molecule is Cn1ccc(=O)n(CCn2cc(N)ccc2=O)c1=O. The number of nitrogens with two attached hydrogens (primary N) is 1. The molecule has 2 aromatic heterocycles. The van der Waals surface area contributed by atoms with E-state index >= 15 is 0 Å². The first-order valence-electron chi connectivity index (χ1n) is 5.71. The molecule has 7 nitrogen and oxygen atoms in total. The monoisotopic (exact) mass is 262 g/mol. The van der Waals surface area contributed by atoms with Crippen LogP contribution < -0.4 is 22.5 Å². The first-order chi connectivity index (χ1) is 8.99. The fourth-order valence-corrected chi connectivity index (χ4v) is 1.75. The van der Waals surface area contributed by atoms with Gasteiger partial charge < -0.3 is 14.9 Å². The van der Waals surface area contributed by atoms with Crippen molar-refractivity contribution in [2.45, 2.75) is 13.1 Å². The van der Waals surface area contributed by atoms with Crippen LogP contribution in [0.3, 0.4) is 0 Å². The molecule has 0 aromatic carbocycles. The Morgan fingerprint density at radius 2 is 1.79 bits per heavy atom. The van der Waals surface area contributed by atoms with Crippen LogP contribution >= 0.6 is 0 Å². The zero-order chi connectivity index (χ0) is 14.0. The van der Waals surface area contributed by atoms with Crippen LogP contribution in [0.25, 0.3) is 0 Å². The zero-order valence-electron chi connectivity index (χ0n) is 10.4. The molecule has 100 valence electrons. The molecule has 0 unspecified atom stereocenters. The van der Waals surface area contributed by atoms with Crippen LogP contribution in [-0.4, -0.2) is 13.7 Å². The highest BCUT2D eigenvalue weighted by Gasteiger charge is 2.04. The number of anilines is 1. The van der Waals surface area contributed by atoms with Crippen molar-refractivity contribution in [3.05, 3.63) is 61.8 Å². The van der Waals surface area contributed by atoms with Gasteiger partial charge in [-0.15, -0.1) is 0 Å². The molecule has 0 aliphatic rings. The number of hydrogen-bond acceptors (Lipinski definition) is 4. The molecule has 0 spiro atoms. The molecule has 2 N–H and O–H groups in total. The lowest BCUT2D eigenvalue weighted by Crippen LogP contribution is -2.39. The van der Waals surface area contributed by atoms with E-state index in [0.29, 0.717) is 5.69 Å². The van der Waals surface area contributed by atoms with E-state index < -0.39 is 5.69 Å². The van der Waals surface area contributed by atoms with Crippen molar-refractivity contribution in [2.24, 2.45) is 7.05 Å². The van der Waals surface area contributed by atoms with Crippen LogP contribution in [0.15, 0.2) is 45.0 Å². The average Bonchev–Trinajstić information content (AvgIpc) is 2.38. The van der Waals surface area contributed by atoms with Crippen LogP contribution in [0.5, 0.6) is 0 Å². The lowest BCUT2D eigenvalue weighted by Gasteiger charge is -2.08. The maximum absolute atomic E-state index is 11.8. The average molecular weight is 262 g/mol. The standard InChI is InChI=1S/C12H14N4O3/c1-14-5-4-11(18)16(12(14)19)7-6-15-8-9(13)2-3-10(15)17/h2-5,8H,6-7,13H2,1H3. The maximum atomic E-state index is 11.8. The summed E-state index contributed by atoms with van der Waals surface area (Å²) in [7, 11) is 1.56. The van der Waals surface area contributed by atoms with E-state index in [4.69, 9.17) is 5.73 Å². The van der Waals surface area contributed by atoms with Gasteiger partial charge in [0.25, 0.3) is 11.1 Å². The highest BCUT2D eigenvalue weighted by molar-refractivity contribution is 5.33. The van der Waals surface area contributed by atoms with E-state index in [-0.39, 0.29) is 24.2 Å². The summed E-state index contributed by atoms with van der Waals surface area (Å²) in [5.41, 5.74) is 5.01. The van der Waals surface area contributed by atoms with Crippen molar-refractivity contribution in [2.75, 3.05) is 5.73 Å². The molecule has 0 aliphatic heterocycles. The van der Waals surface area contributed by atoms with Gasteiger partial charge in [0, 0.05) is 50.4 Å². The summed E-state index contributed by atoms with van der Waals surface area (Å²) in [5.74, 6) is 0. The second-order valence-electron chi connectivity index (χ2n) is 4.19. The third-order valence-electron chi connectivity index (χ3n) is 2.81. The number of pyridine rings is 1. The summed E-state index contributed by atoms with van der Waals surface area (Å²) < 4.78 is 3.76. The summed E-state index contributed by atoms with van der Waals surface area (Å²) in [6.07, 6.45) is 2.90. The third-order valence-corrected chi connectivity index (χ3v) is 2.81. The quantitative estimate of drug-likeness (QED) is 0.767. The molecule has 0 fully saturated rings. The van der Waals surface area contributed by atoms with E-state index in [1.54, 1.807) is 7.05 Å². The predicted octanol–water partition coefficient (Wildman–Crippen LogP) is -1.01. The second-order valence-corrected chi connectivity index (χ2v) is 4.19.